The predicted octanol–water partition coefficient (Wildman–Crippen LogP) is 3.79. The van der Waals surface area contributed by atoms with Crippen LogP contribution in [0.2, 0.25) is 5.02 Å². The van der Waals surface area contributed by atoms with E-state index in [1.54, 1.807) is 24.3 Å². The molecule has 232 valence electrons. The molecule has 3 aromatic rings. The van der Waals surface area contributed by atoms with Gasteiger partial charge in [-0.1, -0.05) is 54.1 Å². The Morgan fingerprint density at radius 3 is 2.45 bits per heavy atom. The van der Waals surface area contributed by atoms with E-state index < -0.39 is 36.4 Å². The molecule has 0 aromatic heterocycles. The number of ether oxygens (including phenoxy) is 1. The van der Waals surface area contributed by atoms with E-state index in [-0.39, 0.29) is 27.6 Å². The molecule has 44 heavy (non-hydrogen) atoms. The summed E-state index contributed by atoms with van der Waals surface area (Å²) in [4.78, 5) is 24.9. The fraction of sp³-hybridized carbons (Fsp3) is 0.276. The van der Waals surface area contributed by atoms with Gasteiger partial charge >= 0.3 is 6.03 Å². The van der Waals surface area contributed by atoms with E-state index in [0.29, 0.717) is 43.5 Å². The number of carbonyl (C=O) groups is 2. The average Bonchev–Trinajstić information content (AvgIpc) is 3.00. The number of benzene rings is 3. The quantitative estimate of drug-likeness (QED) is 0.283. The van der Waals surface area contributed by atoms with Gasteiger partial charge in [0.25, 0.3) is 26.0 Å². The van der Waals surface area contributed by atoms with E-state index in [9.17, 15) is 26.4 Å². The van der Waals surface area contributed by atoms with E-state index in [4.69, 9.17) is 16.3 Å². The van der Waals surface area contributed by atoms with Crippen LogP contribution in [-0.2, 0) is 25.5 Å². The van der Waals surface area contributed by atoms with Crippen LogP contribution in [-0.4, -0.2) is 54.8 Å². The lowest BCUT2D eigenvalue weighted by Gasteiger charge is -2.41. The van der Waals surface area contributed by atoms with Crippen molar-refractivity contribution in [1.82, 2.24) is 15.4 Å². The summed E-state index contributed by atoms with van der Waals surface area (Å²) in [5, 5.41) is 8.09. The summed E-state index contributed by atoms with van der Waals surface area (Å²) in [6.07, 6.45) is 3.17. The maximum atomic E-state index is 13.1. The number of anilines is 1. The summed E-state index contributed by atoms with van der Waals surface area (Å²) in [5.41, 5.74) is 1.11. The molecule has 3 amide bonds. The van der Waals surface area contributed by atoms with Crippen LogP contribution in [0.1, 0.15) is 41.6 Å². The molecule has 1 aliphatic heterocycles. The summed E-state index contributed by atoms with van der Waals surface area (Å²) in [7, 11) is -7.16. The molecule has 0 spiro atoms. The number of hydrogen-bond acceptors (Lipinski definition) is 8. The molecular weight excluding hydrogens is 630 g/mol. The highest BCUT2D eigenvalue weighted by molar-refractivity contribution is 7.91. The molecule has 15 heteroatoms. The maximum absolute atomic E-state index is 13.1. The Morgan fingerprint density at radius 2 is 1.75 bits per heavy atom. The molecule has 1 aliphatic carbocycles. The molecule has 1 heterocycles. The van der Waals surface area contributed by atoms with E-state index >= 15 is 0 Å². The fourth-order valence-corrected chi connectivity index (χ4v) is 8.04. The molecule has 5 rings (SSSR count). The lowest BCUT2D eigenvalue weighted by atomic mass is 9.68. The second kappa shape index (κ2) is 12.5. The first-order valence-electron chi connectivity index (χ1n) is 13.6. The third-order valence-electron chi connectivity index (χ3n) is 7.84. The van der Waals surface area contributed by atoms with Gasteiger partial charge in [-0.3, -0.25) is 4.79 Å². The number of nitrogens with one attached hydrogen (secondary N) is 4. The summed E-state index contributed by atoms with van der Waals surface area (Å²) in [6.45, 7) is 0.347. The number of carbonyl (C=O) groups excluding carboxylic acids is 2. The van der Waals surface area contributed by atoms with Gasteiger partial charge in [-0.2, -0.15) is 8.42 Å². The van der Waals surface area contributed by atoms with Crippen LogP contribution >= 0.6 is 11.6 Å². The second-order valence-corrected chi connectivity index (χ2v) is 14.2. The van der Waals surface area contributed by atoms with Crippen LogP contribution in [0.15, 0.2) is 80.9 Å². The van der Waals surface area contributed by atoms with Gasteiger partial charge in [0.15, 0.2) is 0 Å². The predicted molar refractivity (Wildman–Crippen MR) is 165 cm³/mol. The minimum Gasteiger partial charge on any atom is -0.496 e. The number of fused-ring (bicyclic) bond motifs is 1. The van der Waals surface area contributed by atoms with Crippen molar-refractivity contribution in [2.45, 2.75) is 46.9 Å². The SMILES string of the molecule is COc1ccccc1C(=O)NCC1(c2ccccc2)CCC(NC(=O)NS(=O)(=O)c2cc3c(cc2Cl)NC=NS3(=O)=O)CC1. The highest BCUT2D eigenvalue weighted by Gasteiger charge is 2.38. The zero-order valence-corrected chi connectivity index (χ0v) is 25.9. The van der Waals surface area contributed by atoms with E-state index in [1.165, 1.54) is 7.11 Å². The highest BCUT2D eigenvalue weighted by Crippen LogP contribution is 2.39. The Bertz CT molecular complexity index is 1830. The Labute approximate surface area is 260 Å². The number of sulfonamides is 2. The molecule has 1 fully saturated rings. The van der Waals surface area contributed by atoms with Gasteiger partial charge in [-0.15, -0.1) is 4.40 Å². The van der Waals surface area contributed by atoms with Gasteiger partial charge in [0.1, 0.15) is 21.9 Å². The van der Waals surface area contributed by atoms with Crippen molar-refractivity contribution in [2.75, 3.05) is 19.0 Å². The Balaban J connectivity index is 1.26. The van der Waals surface area contributed by atoms with Gasteiger partial charge in [-0.25, -0.2) is 17.9 Å². The van der Waals surface area contributed by atoms with Crippen molar-refractivity contribution in [2.24, 2.45) is 4.40 Å². The van der Waals surface area contributed by atoms with Crippen molar-refractivity contribution in [3.63, 3.8) is 0 Å². The number of urea groups is 1. The Morgan fingerprint density at radius 1 is 1.07 bits per heavy atom. The monoisotopic (exact) mass is 659 g/mol. The molecule has 0 saturated heterocycles. The number of methoxy groups -OCH3 is 1. The number of rotatable bonds is 8. The zero-order valence-electron chi connectivity index (χ0n) is 23.5. The normalized spacial score (nSPS) is 20.5. The maximum Gasteiger partial charge on any atom is 0.328 e. The van der Waals surface area contributed by atoms with E-state index in [2.05, 4.69) is 20.3 Å². The third kappa shape index (κ3) is 6.51. The first-order chi connectivity index (χ1) is 20.9. The van der Waals surface area contributed by atoms with Gasteiger partial charge in [0.05, 0.1) is 23.4 Å². The molecule has 3 aromatic carbocycles. The molecule has 0 atom stereocenters. The van der Waals surface area contributed by atoms with Gasteiger partial charge in [0, 0.05) is 18.0 Å². The van der Waals surface area contributed by atoms with Crippen molar-refractivity contribution in [3.8, 4) is 5.75 Å². The topological polar surface area (TPSA) is 172 Å². The molecule has 4 N–H and O–H groups in total. The summed E-state index contributed by atoms with van der Waals surface area (Å²) >= 11 is 6.14. The summed E-state index contributed by atoms with van der Waals surface area (Å²) < 4.78 is 61.3. The zero-order chi connectivity index (χ0) is 31.5. The van der Waals surface area contributed by atoms with Crippen molar-refractivity contribution in [1.29, 1.82) is 0 Å². The van der Waals surface area contributed by atoms with E-state index in [1.807, 2.05) is 35.1 Å². The van der Waals surface area contributed by atoms with Crippen LogP contribution in [0, 0.1) is 0 Å². The Hall–Kier alpha value is -4.14. The standard InChI is InChI=1S/C29H30ClN5O7S2/c1-42-24-10-6-5-9-21(24)27(36)31-17-29(19-7-3-2-4-8-19)13-11-20(12-14-29)34-28(37)35-44(40,41)25-16-26-23(15-22(25)30)32-18-33-43(26,38)39/h2-10,15-16,18,20H,11-14,17H2,1H3,(H,31,36)(H,32,33)(H2,34,35,37). The second-order valence-electron chi connectivity index (χ2n) is 10.5. The van der Waals surface area contributed by atoms with Gasteiger partial charge < -0.3 is 20.7 Å². The number of halogens is 1. The highest BCUT2D eigenvalue weighted by atomic mass is 35.5. The summed E-state index contributed by atoms with van der Waals surface area (Å²) in [5.74, 6) is 0.204. The third-order valence-corrected chi connectivity index (χ3v) is 10.9. The molecule has 1 saturated carbocycles. The first-order valence-corrected chi connectivity index (χ1v) is 16.9. The molecular formula is C29H30ClN5O7S2. The van der Waals surface area contributed by atoms with Crippen LogP contribution in [0.25, 0.3) is 0 Å². The lowest BCUT2D eigenvalue weighted by Crippen LogP contribution is -2.50. The smallest absolute Gasteiger partial charge is 0.328 e. The number of hydrogen-bond donors (Lipinski definition) is 4. The Kier molecular flexibility index (Phi) is 8.86. The first kappa shape index (κ1) is 31.3. The van der Waals surface area contributed by atoms with Gasteiger partial charge in [0.2, 0.25) is 0 Å². The fourth-order valence-electron chi connectivity index (χ4n) is 5.53. The van der Waals surface area contributed by atoms with Crippen molar-refractivity contribution in [3.05, 3.63) is 82.9 Å². The van der Waals surface area contributed by atoms with Crippen molar-refractivity contribution < 1.29 is 31.2 Å². The minimum atomic E-state index is -4.54. The summed E-state index contributed by atoms with van der Waals surface area (Å²) in [6, 6.07) is 17.4. The van der Waals surface area contributed by atoms with Gasteiger partial charge in [-0.05, 0) is 55.5 Å². The molecule has 0 bridgehead atoms. The van der Waals surface area contributed by atoms with E-state index in [0.717, 1.165) is 24.0 Å². The number of nitrogens with zero attached hydrogens (tertiary/aromatic N) is 1. The molecule has 0 radical (unpaired) electrons. The van der Waals surface area contributed by atoms with Crippen LogP contribution in [0.5, 0.6) is 5.75 Å². The van der Waals surface area contributed by atoms with Crippen molar-refractivity contribution >= 4 is 55.6 Å². The minimum absolute atomic E-state index is 0.0663. The molecule has 0 unspecified atom stereocenters. The molecule has 12 nitrogen and oxygen atoms in total. The number of amides is 3. The molecule has 2 aliphatic rings. The van der Waals surface area contributed by atoms with Crippen LogP contribution in [0.4, 0.5) is 10.5 Å². The number of para-hydroxylation sites is 1. The van der Waals surface area contributed by atoms with Crippen LogP contribution in [0.3, 0.4) is 0 Å². The van der Waals surface area contributed by atoms with Crippen LogP contribution < -0.4 is 25.4 Å². The lowest BCUT2D eigenvalue weighted by molar-refractivity contribution is 0.0932. The average molecular weight is 660 g/mol. The largest absolute Gasteiger partial charge is 0.496 e.